The zero-order chi connectivity index (χ0) is 34.1. The monoisotopic (exact) mass is 631 g/mol. The molecule has 5 aliphatic carbocycles. The highest BCUT2D eigenvalue weighted by Crippen LogP contribution is 2.72. The van der Waals surface area contributed by atoms with Gasteiger partial charge in [0.2, 0.25) is 0 Å². The predicted molar refractivity (Wildman–Crippen MR) is 202 cm³/mol. The summed E-state index contributed by atoms with van der Waals surface area (Å²) in [5.74, 6) is 2.32. The molecule has 1 N–H and O–H groups in total. The molecule has 7 atom stereocenters. The van der Waals surface area contributed by atoms with E-state index in [4.69, 9.17) is 0 Å². The Morgan fingerprint density at radius 2 is 1.59 bits per heavy atom. The van der Waals surface area contributed by atoms with Crippen molar-refractivity contribution in [1.82, 2.24) is 0 Å². The second-order valence-electron chi connectivity index (χ2n) is 19.0. The fraction of sp³-hybridized carbons (Fsp3) is 0.778. The quantitative estimate of drug-likeness (QED) is 0.306. The van der Waals surface area contributed by atoms with Gasteiger partial charge in [0.25, 0.3) is 0 Å². The van der Waals surface area contributed by atoms with Crippen LogP contribution in [-0.4, -0.2) is 11.2 Å². The Morgan fingerprint density at radius 1 is 0.870 bits per heavy atom. The van der Waals surface area contributed by atoms with Crippen molar-refractivity contribution < 1.29 is 5.11 Å². The number of aliphatic hydroxyl groups is 1. The Bertz CT molecular complexity index is 1230. The molecule has 0 spiro atoms. The van der Waals surface area contributed by atoms with Gasteiger partial charge in [-0.2, -0.15) is 0 Å². The topological polar surface area (TPSA) is 20.2 Å². The smallest absolute Gasteiger partial charge is 0.0594 e. The Balaban J connectivity index is 0.000000270. The maximum atomic E-state index is 10.8. The molecule has 260 valence electrons. The van der Waals surface area contributed by atoms with Crippen molar-refractivity contribution in [3.8, 4) is 0 Å². The maximum Gasteiger partial charge on any atom is 0.0594 e. The van der Waals surface area contributed by atoms with Crippen LogP contribution in [-0.2, 0) is 0 Å². The minimum Gasteiger partial charge on any atom is -0.393 e. The highest BCUT2D eigenvalue weighted by Gasteiger charge is 2.63. The lowest BCUT2D eigenvalue weighted by molar-refractivity contribution is -0.0962. The second kappa shape index (κ2) is 14.3. The van der Waals surface area contributed by atoms with Crippen molar-refractivity contribution in [2.24, 2.45) is 44.8 Å². The van der Waals surface area contributed by atoms with Crippen LogP contribution in [0, 0.1) is 44.8 Å². The van der Waals surface area contributed by atoms with Crippen LogP contribution in [0.3, 0.4) is 0 Å². The summed E-state index contributed by atoms with van der Waals surface area (Å²) in [6.45, 7) is 28.7. The van der Waals surface area contributed by atoms with Crippen LogP contribution in [0.4, 0.5) is 0 Å². The first-order valence-electron chi connectivity index (χ1n) is 19.4. The van der Waals surface area contributed by atoms with Crippen molar-refractivity contribution in [3.63, 3.8) is 0 Å². The number of rotatable bonds is 4. The number of allylic oxidation sites excluding steroid dienone is 10. The summed E-state index contributed by atoms with van der Waals surface area (Å²) < 4.78 is 0. The molecule has 7 unspecified atom stereocenters. The predicted octanol–water partition coefficient (Wildman–Crippen LogP) is 13.5. The molecule has 0 aliphatic heterocycles. The first-order chi connectivity index (χ1) is 21.4. The van der Waals surface area contributed by atoms with Crippen LogP contribution >= 0.6 is 0 Å². The van der Waals surface area contributed by atoms with Crippen LogP contribution in [0.5, 0.6) is 0 Å². The highest BCUT2D eigenvalue weighted by atomic mass is 16.3. The van der Waals surface area contributed by atoms with E-state index in [0.29, 0.717) is 27.6 Å². The lowest BCUT2D eigenvalue weighted by Gasteiger charge is -2.62. The molecule has 0 saturated heterocycles. The lowest BCUT2D eigenvalue weighted by Crippen LogP contribution is -2.55. The van der Waals surface area contributed by atoms with E-state index in [1.807, 2.05) is 11.1 Å². The largest absolute Gasteiger partial charge is 0.393 e. The third-order valence-electron chi connectivity index (χ3n) is 14.7. The molecule has 0 radical (unpaired) electrons. The molecular formula is C45H74O. The van der Waals surface area contributed by atoms with E-state index in [0.717, 1.165) is 31.1 Å². The van der Waals surface area contributed by atoms with Gasteiger partial charge in [0.05, 0.1) is 6.10 Å². The molecule has 1 nitrogen and oxygen atoms in total. The molecule has 5 aliphatic rings. The fourth-order valence-electron chi connectivity index (χ4n) is 11.3. The van der Waals surface area contributed by atoms with Crippen LogP contribution in [0.15, 0.2) is 58.2 Å². The summed E-state index contributed by atoms with van der Waals surface area (Å²) in [5.41, 5.74) is 9.75. The van der Waals surface area contributed by atoms with Gasteiger partial charge in [0.15, 0.2) is 0 Å². The molecule has 5 rings (SSSR count). The molecule has 0 aromatic heterocycles. The third kappa shape index (κ3) is 7.45. The second-order valence-corrected chi connectivity index (χ2v) is 19.0. The standard InChI is InChI=1S/C30H50O.C15H24/c1-20(2)10-9-11-21(3)22-14-18-30(8)24-12-13-25-27(4,5)26(31)16-17-28(25,6)23(24)15-19-29(22,30)7;1-13-7-5-8-14(2)10-12-15(3,4)11-6-9-13/h10,21-22,25-26,31H,9,11-19H2,1-8H3;6-7,10-11H,5,8-9,12H2,1-4H3. The van der Waals surface area contributed by atoms with Gasteiger partial charge in [-0.1, -0.05) is 114 Å². The molecule has 0 bridgehead atoms. The van der Waals surface area contributed by atoms with Crippen LogP contribution in [0.25, 0.3) is 0 Å². The number of hydrogen-bond acceptors (Lipinski definition) is 1. The van der Waals surface area contributed by atoms with Crippen molar-refractivity contribution in [2.75, 3.05) is 0 Å². The van der Waals surface area contributed by atoms with Crippen molar-refractivity contribution >= 4 is 0 Å². The summed E-state index contributed by atoms with van der Waals surface area (Å²) >= 11 is 0. The van der Waals surface area contributed by atoms with Gasteiger partial charge in [-0.05, 0) is 162 Å². The fourth-order valence-corrected chi connectivity index (χ4v) is 11.3. The van der Waals surface area contributed by atoms with Gasteiger partial charge >= 0.3 is 0 Å². The van der Waals surface area contributed by atoms with Gasteiger partial charge < -0.3 is 5.11 Å². The number of fused-ring (bicyclic) bond motifs is 4. The van der Waals surface area contributed by atoms with Gasteiger partial charge in [-0.25, -0.2) is 0 Å². The molecule has 0 aromatic rings. The number of hydrogen-bond donors (Lipinski definition) is 1. The van der Waals surface area contributed by atoms with E-state index in [-0.39, 0.29) is 11.5 Å². The van der Waals surface area contributed by atoms with Crippen LogP contribution < -0.4 is 0 Å². The molecule has 0 heterocycles. The minimum atomic E-state index is -0.130. The van der Waals surface area contributed by atoms with Crippen LogP contribution in [0.1, 0.15) is 173 Å². The minimum absolute atomic E-state index is 0.0465. The summed E-state index contributed by atoms with van der Waals surface area (Å²) in [7, 11) is 0. The molecule has 1 heteroatoms. The lowest BCUT2D eigenvalue weighted by atomic mass is 9.43. The first kappa shape index (κ1) is 37.5. The van der Waals surface area contributed by atoms with E-state index < -0.39 is 0 Å². The average molecular weight is 631 g/mol. The molecule has 2 saturated carbocycles. The molecule has 2 fully saturated rings. The maximum absolute atomic E-state index is 10.8. The molecular weight excluding hydrogens is 556 g/mol. The van der Waals surface area contributed by atoms with Gasteiger partial charge in [-0.3, -0.25) is 0 Å². The normalized spacial score (nSPS) is 37.6. The Labute approximate surface area is 286 Å². The van der Waals surface area contributed by atoms with E-state index in [1.54, 1.807) is 0 Å². The van der Waals surface area contributed by atoms with E-state index in [1.165, 1.54) is 87.3 Å². The van der Waals surface area contributed by atoms with Gasteiger partial charge in [-0.15, -0.1) is 0 Å². The van der Waals surface area contributed by atoms with Crippen molar-refractivity contribution in [3.05, 3.63) is 58.2 Å². The summed E-state index contributed by atoms with van der Waals surface area (Å²) in [5, 5.41) is 10.8. The zero-order valence-electron chi connectivity index (χ0n) is 32.5. The molecule has 0 aromatic carbocycles. The Hall–Kier alpha value is -1.34. The molecule has 0 amide bonds. The summed E-state index contributed by atoms with van der Waals surface area (Å²) in [6, 6.07) is 0. The van der Waals surface area contributed by atoms with Crippen LogP contribution in [0.2, 0.25) is 0 Å². The Morgan fingerprint density at radius 3 is 2.28 bits per heavy atom. The average Bonchev–Trinajstić information content (AvgIpc) is 3.24. The van der Waals surface area contributed by atoms with E-state index in [9.17, 15) is 5.11 Å². The third-order valence-corrected chi connectivity index (χ3v) is 14.7. The molecule has 46 heavy (non-hydrogen) atoms. The summed E-state index contributed by atoms with van der Waals surface area (Å²) in [6.07, 6.45) is 29.3. The van der Waals surface area contributed by atoms with E-state index in [2.05, 4.69) is 113 Å². The highest BCUT2D eigenvalue weighted by molar-refractivity contribution is 5.38. The van der Waals surface area contributed by atoms with E-state index >= 15 is 0 Å². The number of aliphatic hydroxyl groups excluding tert-OH is 1. The van der Waals surface area contributed by atoms with Crippen molar-refractivity contribution in [2.45, 2.75) is 179 Å². The zero-order valence-corrected chi connectivity index (χ0v) is 32.5. The SMILES string of the molecule is CC(C)=CCCC(C)C1CCC2(C)C3=C(CCC12C)C1(C)CCC(O)C(C)(C)C1CC3.CC1=CCCC(C)=CCC(C)(C)C=CC1. The van der Waals surface area contributed by atoms with Gasteiger partial charge in [0.1, 0.15) is 0 Å². The van der Waals surface area contributed by atoms with Gasteiger partial charge in [0, 0.05) is 0 Å². The summed E-state index contributed by atoms with van der Waals surface area (Å²) in [4.78, 5) is 0. The Kier molecular flexibility index (Phi) is 11.6. The van der Waals surface area contributed by atoms with Crippen molar-refractivity contribution in [1.29, 1.82) is 0 Å². The first-order valence-corrected chi connectivity index (χ1v) is 19.4.